The van der Waals surface area contributed by atoms with E-state index in [0.29, 0.717) is 11.4 Å². The second kappa shape index (κ2) is 5.69. The predicted molar refractivity (Wildman–Crippen MR) is 72.5 cm³/mol. The molecule has 0 aliphatic rings. The molecule has 1 aromatic heterocycles. The van der Waals surface area contributed by atoms with Gasteiger partial charge in [0.1, 0.15) is 17.2 Å². The molecule has 92 valence electrons. The van der Waals surface area contributed by atoms with E-state index < -0.39 is 0 Å². The third kappa shape index (κ3) is 3.11. The van der Waals surface area contributed by atoms with Gasteiger partial charge in [0.25, 0.3) is 0 Å². The van der Waals surface area contributed by atoms with Gasteiger partial charge >= 0.3 is 0 Å². The minimum Gasteiger partial charge on any atom is -0.456 e. The highest BCUT2D eigenvalue weighted by molar-refractivity contribution is 7.98. The molecule has 2 rings (SSSR count). The number of carbonyl (C=O) groups is 1. The maximum atomic E-state index is 11.1. The summed E-state index contributed by atoms with van der Waals surface area (Å²) in [7, 11) is 0. The van der Waals surface area contributed by atoms with Gasteiger partial charge in [0, 0.05) is 11.8 Å². The third-order valence-electron chi connectivity index (χ3n) is 2.39. The largest absolute Gasteiger partial charge is 0.456 e. The van der Waals surface area contributed by atoms with Crippen LogP contribution in [0.3, 0.4) is 0 Å². The Morgan fingerprint density at radius 3 is 2.28 bits per heavy atom. The Morgan fingerprint density at radius 2 is 1.78 bits per heavy atom. The first kappa shape index (κ1) is 12.6. The molecule has 4 heteroatoms. The van der Waals surface area contributed by atoms with E-state index in [-0.39, 0.29) is 5.78 Å². The number of hydrogen-bond acceptors (Lipinski definition) is 4. The zero-order valence-electron chi connectivity index (χ0n) is 10.2. The van der Waals surface area contributed by atoms with E-state index >= 15 is 0 Å². The quantitative estimate of drug-likeness (QED) is 0.618. The summed E-state index contributed by atoms with van der Waals surface area (Å²) < 4.78 is 5.63. The molecule has 0 saturated heterocycles. The number of thioether (sulfide) groups is 1. The van der Waals surface area contributed by atoms with Crippen LogP contribution in [0.25, 0.3) is 0 Å². The number of hydrogen-bond donors (Lipinski definition) is 0. The van der Waals surface area contributed by atoms with Crippen LogP contribution in [-0.4, -0.2) is 17.0 Å². The molecule has 0 spiro atoms. The van der Waals surface area contributed by atoms with Crippen molar-refractivity contribution in [1.29, 1.82) is 0 Å². The molecule has 0 bridgehead atoms. The average molecular weight is 259 g/mol. The first-order chi connectivity index (χ1) is 8.69. The van der Waals surface area contributed by atoms with Crippen LogP contribution in [0.2, 0.25) is 0 Å². The molecule has 2 aromatic rings. The van der Waals surface area contributed by atoms with Gasteiger partial charge < -0.3 is 4.74 Å². The number of ketones is 1. The van der Waals surface area contributed by atoms with Crippen molar-refractivity contribution in [2.75, 3.05) is 6.26 Å². The minimum absolute atomic E-state index is 0.0501. The van der Waals surface area contributed by atoms with Gasteiger partial charge in [-0.25, -0.2) is 4.98 Å². The average Bonchev–Trinajstić information content (AvgIpc) is 2.40. The van der Waals surface area contributed by atoms with Crippen LogP contribution in [0.5, 0.6) is 11.5 Å². The summed E-state index contributed by atoms with van der Waals surface area (Å²) in [5.41, 5.74) is 0.445. The molecule has 0 radical (unpaired) electrons. The molecule has 0 fully saturated rings. The van der Waals surface area contributed by atoms with Crippen molar-refractivity contribution < 1.29 is 9.53 Å². The highest BCUT2D eigenvalue weighted by Gasteiger charge is 2.02. The van der Waals surface area contributed by atoms with Crippen LogP contribution in [-0.2, 0) is 0 Å². The molecule has 0 amide bonds. The Morgan fingerprint density at radius 1 is 1.11 bits per heavy atom. The lowest BCUT2D eigenvalue weighted by Crippen LogP contribution is -1.95. The molecule has 0 aliphatic heterocycles. The molecule has 0 unspecified atom stereocenters. The summed E-state index contributed by atoms with van der Waals surface area (Å²) in [5.74, 6) is 1.33. The maximum Gasteiger partial charge on any atom is 0.178 e. The van der Waals surface area contributed by atoms with Gasteiger partial charge in [0.15, 0.2) is 5.78 Å². The van der Waals surface area contributed by atoms with Crippen LogP contribution in [0, 0.1) is 0 Å². The summed E-state index contributed by atoms with van der Waals surface area (Å²) in [6.45, 7) is 1.49. The van der Waals surface area contributed by atoms with E-state index in [9.17, 15) is 4.79 Å². The van der Waals surface area contributed by atoms with E-state index in [4.69, 9.17) is 4.74 Å². The summed E-state index contributed by atoms with van der Waals surface area (Å²) in [6, 6.07) is 11.2. The normalized spacial score (nSPS) is 10.1. The third-order valence-corrected chi connectivity index (χ3v) is 3.14. The molecule has 1 aromatic carbocycles. The summed E-state index contributed by atoms with van der Waals surface area (Å²) in [4.78, 5) is 16.3. The van der Waals surface area contributed by atoms with Crippen LogP contribution < -0.4 is 4.74 Å². The smallest absolute Gasteiger partial charge is 0.178 e. The van der Waals surface area contributed by atoms with Crippen molar-refractivity contribution in [1.82, 2.24) is 4.98 Å². The lowest BCUT2D eigenvalue weighted by atomic mass is 10.3. The zero-order chi connectivity index (χ0) is 13.0. The Hall–Kier alpha value is -1.81. The number of aromatic nitrogens is 1. The molecule has 3 nitrogen and oxygen atoms in total. The molecule has 0 atom stereocenters. The monoisotopic (exact) mass is 259 g/mol. The number of carbonyl (C=O) groups excluding carboxylic acids is 1. The first-order valence-electron chi connectivity index (χ1n) is 5.48. The first-order valence-corrected chi connectivity index (χ1v) is 6.70. The lowest BCUT2D eigenvalue weighted by molar-refractivity contribution is 0.101. The van der Waals surface area contributed by atoms with Gasteiger partial charge in [-0.1, -0.05) is 0 Å². The molecule has 0 N–H and O–H groups in total. The number of pyridine rings is 1. The van der Waals surface area contributed by atoms with E-state index in [1.165, 1.54) is 11.8 Å². The zero-order valence-corrected chi connectivity index (χ0v) is 11.0. The van der Waals surface area contributed by atoms with Crippen LogP contribution >= 0.6 is 11.8 Å². The molecule has 18 heavy (non-hydrogen) atoms. The van der Waals surface area contributed by atoms with Gasteiger partial charge in [-0.3, -0.25) is 4.79 Å². The summed E-state index contributed by atoms with van der Waals surface area (Å²) in [5, 5.41) is 0. The molecule has 0 aliphatic carbocycles. The van der Waals surface area contributed by atoms with Crippen LogP contribution in [0.4, 0.5) is 0 Å². The van der Waals surface area contributed by atoms with Crippen LogP contribution in [0.1, 0.15) is 17.4 Å². The van der Waals surface area contributed by atoms with Gasteiger partial charge in [-0.2, -0.15) is 0 Å². The van der Waals surface area contributed by atoms with E-state index in [2.05, 4.69) is 4.98 Å². The van der Waals surface area contributed by atoms with Crippen molar-refractivity contribution >= 4 is 17.5 Å². The highest BCUT2D eigenvalue weighted by Crippen LogP contribution is 2.23. The molecular weight excluding hydrogens is 246 g/mol. The fourth-order valence-corrected chi connectivity index (χ4v) is 1.84. The van der Waals surface area contributed by atoms with Crippen molar-refractivity contribution in [3.8, 4) is 11.5 Å². The van der Waals surface area contributed by atoms with Gasteiger partial charge in [0.05, 0.1) is 6.20 Å². The standard InChI is InChI=1S/C14H13NO2S/c1-10(16)14-8-5-12(9-15-14)17-11-3-6-13(18-2)7-4-11/h3-9H,1-2H3. The highest BCUT2D eigenvalue weighted by atomic mass is 32.2. The molecular formula is C14H13NO2S. The fourth-order valence-electron chi connectivity index (χ4n) is 1.43. The Balaban J connectivity index is 2.10. The maximum absolute atomic E-state index is 11.1. The number of Topliss-reactive ketones (excluding diaryl/α,β-unsaturated/α-hetero) is 1. The van der Waals surface area contributed by atoms with Gasteiger partial charge in [-0.05, 0) is 42.7 Å². The van der Waals surface area contributed by atoms with Crippen molar-refractivity contribution in [3.63, 3.8) is 0 Å². The van der Waals surface area contributed by atoms with Gasteiger partial charge in [0.2, 0.25) is 0 Å². The van der Waals surface area contributed by atoms with E-state index in [1.54, 1.807) is 30.1 Å². The summed E-state index contributed by atoms with van der Waals surface area (Å²) in [6.07, 6.45) is 3.58. The Kier molecular flexibility index (Phi) is 3.99. The topological polar surface area (TPSA) is 39.2 Å². The number of rotatable bonds is 4. The van der Waals surface area contributed by atoms with E-state index in [0.717, 1.165) is 5.75 Å². The molecule has 1 heterocycles. The summed E-state index contributed by atoms with van der Waals surface area (Å²) >= 11 is 1.68. The Bertz CT molecular complexity index is 535. The fraction of sp³-hybridized carbons (Fsp3) is 0.143. The molecule has 0 saturated carbocycles. The second-order valence-corrected chi connectivity index (χ2v) is 4.59. The van der Waals surface area contributed by atoms with Crippen LogP contribution in [0.15, 0.2) is 47.5 Å². The lowest BCUT2D eigenvalue weighted by Gasteiger charge is -2.06. The van der Waals surface area contributed by atoms with Gasteiger partial charge in [-0.15, -0.1) is 11.8 Å². The van der Waals surface area contributed by atoms with Crippen molar-refractivity contribution in [3.05, 3.63) is 48.3 Å². The number of ether oxygens (including phenoxy) is 1. The van der Waals surface area contributed by atoms with Crippen molar-refractivity contribution in [2.45, 2.75) is 11.8 Å². The Labute approximate surface area is 110 Å². The minimum atomic E-state index is -0.0501. The number of benzene rings is 1. The van der Waals surface area contributed by atoms with E-state index in [1.807, 2.05) is 30.5 Å². The van der Waals surface area contributed by atoms with Crippen molar-refractivity contribution in [2.24, 2.45) is 0 Å². The SMILES string of the molecule is CSc1ccc(Oc2ccc(C(C)=O)nc2)cc1. The predicted octanol–water partition coefficient (Wildman–Crippen LogP) is 3.80. The number of nitrogens with zero attached hydrogens (tertiary/aromatic N) is 1. The second-order valence-electron chi connectivity index (χ2n) is 3.71.